The summed E-state index contributed by atoms with van der Waals surface area (Å²) in [6.07, 6.45) is 5.18. The SMILES string of the molecule is CC(C)C1CCCN1C1CCN(c2ccc(C3COCCC34CCNC4=O)c(F)c2)C1. The number of nitrogens with one attached hydrogen (secondary N) is 1. The van der Waals surface area contributed by atoms with Crippen LogP contribution in [0.5, 0.6) is 0 Å². The number of benzene rings is 1. The highest BCUT2D eigenvalue weighted by molar-refractivity contribution is 5.86. The van der Waals surface area contributed by atoms with Crippen LogP contribution in [-0.2, 0) is 9.53 Å². The smallest absolute Gasteiger partial charge is 0.227 e. The zero-order chi connectivity index (χ0) is 21.6. The highest BCUT2D eigenvalue weighted by Gasteiger charge is 2.51. The van der Waals surface area contributed by atoms with Crippen LogP contribution >= 0.6 is 0 Å². The predicted octanol–water partition coefficient (Wildman–Crippen LogP) is 3.54. The van der Waals surface area contributed by atoms with Crippen LogP contribution in [-0.4, -0.2) is 62.3 Å². The second-order valence-electron chi connectivity index (χ2n) is 10.3. The number of nitrogens with zero attached hydrogens (tertiary/aromatic N) is 2. The van der Waals surface area contributed by atoms with Crippen molar-refractivity contribution in [2.24, 2.45) is 11.3 Å². The van der Waals surface area contributed by atoms with E-state index in [2.05, 4.69) is 35.0 Å². The van der Waals surface area contributed by atoms with Gasteiger partial charge in [0.2, 0.25) is 5.91 Å². The maximum Gasteiger partial charge on any atom is 0.227 e. The van der Waals surface area contributed by atoms with E-state index in [1.54, 1.807) is 6.07 Å². The molecule has 0 bridgehead atoms. The Bertz CT molecular complexity index is 831. The lowest BCUT2D eigenvalue weighted by molar-refractivity contribution is -0.134. The van der Waals surface area contributed by atoms with Crippen molar-refractivity contribution in [2.45, 2.75) is 64.0 Å². The third-order valence-corrected chi connectivity index (χ3v) is 8.42. The van der Waals surface area contributed by atoms with Gasteiger partial charge in [-0.15, -0.1) is 0 Å². The van der Waals surface area contributed by atoms with Crippen LogP contribution < -0.4 is 10.2 Å². The second-order valence-corrected chi connectivity index (χ2v) is 10.3. The van der Waals surface area contributed by atoms with Crippen LogP contribution in [0.25, 0.3) is 0 Å². The van der Waals surface area contributed by atoms with Gasteiger partial charge in [0.05, 0.1) is 12.0 Å². The quantitative estimate of drug-likeness (QED) is 0.795. The highest BCUT2D eigenvalue weighted by atomic mass is 19.1. The summed E-state index contributed by atoms with van der Waals surface area (Å²) in [5, 5.41) is 2.97. The van der Waals surface area contributed by atoms with Gasteiger partial charge < -0.3 is 15.0 Å². The summed E-state index contributed by atoms with van der Waals surface area (Å²) in [5.41, 5.74) is 1.09. The van der Waals surface area contributed by atoms with Crippen LogP contribution in [0.2, 0.25) is 0 Å². The largest absolute Gasteiger partial charge is 0.381 e. The minimum absolute atomic E-state index is 0.0666. The van der Waals surface area contributed by atoms with Gasteiger partial charge in [0.1, 0.15) is 5.82 Å². The number of halogens is 1. The monoisotopic (exact) mass is 429 g/mol. The molecule has 0 aromatic heterocycles. The van der Waals surface area contributed by atoms with E-state index in [-0.39, 0.29) is 17.6 Å². The minimum Gasteiger partial charge on any atom is -0.381 e. The minimum atomic E-state index is -0.513. The van der Waals surface area contributed by atoms with E-state index >= 15 is 4.39 Å². The molecule has 170 valence electrons. The molecule has 0 radical (unpaired) electrons. The fraction of sp³-hybridized carbons (Fsp3) is 0.720. The van der Waals surface area contributed by atoms with Crippen LogP contribution in [0.15, 0.2) is 18.2 Å². The molecule has 4 aliphatic rings. The highest BCUT2D eigenvalue weighted by Crippen LogP contribution is 2.48. The van der Waals surface area contributed by atoms with Crippen LogP contribution in [0.3, 0.4) is 0 Å². The average Bonchev–Trinajstić information content (AvgIpc) is 3.49. The number of ether oxygens (including phenoxy) is 1. The van der Waals surface area contributed by atoms with Crippen LogP contribution in [0.4, 0.5) is 10.1 Å². The summed E-state index contributed by atoms with van der Waals surface area (Å²) in [6, 6.07) is 6.91. The van der Waals surface area contributed by atoms with Gasteiger partial charge in [0.15, 0.2) is 0 Å². The van der Waals surface area contributed by atoms with Crippen molar-refractivity contribution in [3.05, 3.63) is 29.6 Å². The molecule has 6 heteroatoms. The van der Waals surface area contributed by atoms with E-state index in [9.17, 15) is 4.79 Å². The van der Waals surface area contributed by atoms with Crippen LogP contribution in [0.1, 0.15) is 57.4 Å². The summed E-state index contributed by atoms with van der Waals surface area (Å²) >= 11 is 0. The zero-order valence-electron chi connectivity index (χ0n) is 18.9. The maximum atomic E-state index is 15.4. The zero-order valence-corrected chi connectivity index (χ0v) is 18.9. The third kappa shape index (κ3) is 3.66. The van der Waals surface area contributed by atoms with Gasteiger partial charge in [-0.05, 0) is 62.3 Å². The molecule has 4 unspecified atom stereocenters. The fourth-order valence-corrected chi connectivity index (χ4v) is 6.66. The van der Waals surface area contributed by atoms with Gasteiger partial charge in [-0.3, -0.25) is 9.69 Å². The molecule has 4 aliphatic heterocycles. The molecule has 31 heavy (non-hydrogen) atoms. The van der Waals surface area contributed by atoms with Crippen molar-refractivity contribution in [1.29, 1.82) is 0 Å². The number of hydrogen-bond donors (Lipinski definition) is 1. The Morgan fingerprint density at radius 1 is 1.23 bits per heavy atom. The molecule has 4 atom stereocenters. The summed E-state index contributed by atoms with van der Waals surface area (Å²) in [6.45, 7) is 9.48. The first kappa shape index (κ1) is 21.2. The molecule has 5 rings (SSSR count). The van der Waals surface area contributed by atoms with Crippen molar-refractivity contribution in [2.75, 3.05) is 44.3 Å². The number of likely N-dealkylation sites (tertiary alicyclic amines) is 1. The molecule has 4 fully saturated rings. The van der Waals surface area contributed by atoms with E-state index in [0.29, 0.717) is 49.7 Å². The summed E-state index contributed by atoms with van der Waals surface area (Å²) in [4.78, 5) is 17.7. The molecular formula is C25H36FN3O2. The molecule has 1 amide bonds. The molecule has 1 N–H and O–H groups in total. The van der Waals surface area contributed by atoms with Crippen molar-refractivity contribution >= 4 is 11.6 Å². The lowest BCUT2D eigenvalue weighted by Crippen LogP contribution is -2.43. The van der Waals surface area contributed by atoms with E-state index in [0.717, 1.165) is 31.6 Å². The number of amides is 1. The van der Waals surface area contributed by atoms with Gasteiger partial charge in [-0.25, -0.2) is 4.39 Å². The molecule has 0 saturated carbocycles. The van der Waals surface area contributed by atoms with E-state index < -0.39 is 5.41 Å². The molecule has 4 saturated heterocycles. The Kier molecular flexibility index (Phi) is 5.72. The summed E-state index contributed by atoms with van der Waals surface area (Å²) in [7, 11) is 0. The lowest BCUT2D eigenvalue weighted by Gasteiger charge is -2.39. The van der Waals surface area contributed by atoms with E-state index in [4.69, 9.17) is 4.74 Å². The number of rotatable bonds is 4. The van der Waals surface area contributed by atoms with Crippen molar-refractivity contribution in [3.63, 3.8) is 0 Å². The van der Waals surface area contributed by atoms with Gasteiger partial charge in [0.25, 0.3) is 0 Å². The average molecular weight is 430 g/mol. The van der Waals surface area contributed by atoms with Gasteiger partial charge in [-0.1, -0.05) is 19.9 Å². The molecule has 1 aromatic rings. The first-order valence-corrected chi connectivity index (χ1v) is 12.2. The number of carbonyl (C=O) groups excluding carboxylic acids is 1. The first-order valence-electron chi connectivity index (χ1n) is 12.2. The lowest BCUT2D eigenvalue weighted by atomic mass is 9.68. The Hall–Kier alpha value is -1.66. The van der Waals surface area contributed by atoms with Gasteiger partial charge >= 0.3 is 0 Å². The number of carbonyl (C=O) groups is 1. The third-order valence-electron chi connectivity index (χ3n) is 8.42. The van der Waals surface area contributed by atoms with Crippen molar-refractivity contribution < 1.29 is 13.9 Å². The standard InChI is InChI=1S/C25H36FN3O2/c1-17(2)23-4-3-11-29(23)19-7-12-28(15-19)18-5-6-20(22(26)14-18)21-16-31-13-9-25(21)8-10-27-24(25)30/h5-6,14,17,19,21,23H,3-4,7-13,15-16H2,1-2H3,(H,27,30). The summed E-state index contributed by atoms with van der Waals surface area (Å²) in [5.74, 6) is 0.348. The molecule has 5 nitrogen and oxygen atoms in total. The van der Waals surface area contributed by atoms with Crippen molar-refractivity contribution in [1.82, 2.24) is 10.2 Å². The molecule has 1 aromatic carbocycles. The summed E-state index contributed by atoms with van der Waals surface area (Å²) < 4.78 is 21.1. The predicted molar refractivity (Wildman–Crippen MR) is 120 cm³/mol. The van der Waals surface area contributed by atoms with Crippen LogP contribution in [0, 0.1) is 17.2 Å². The number of anilines is 1. The molecule has 4 heterocycles. The molecule has 1 spiro atoms. The maximum absolute atomic E-state index is 15.4. The Labute approximate surface area is 185 Å². The van der Waals surface area contributed by atoms with E-state index in [1.165, 1.54) is 19.4 Å². The first-order chi connectivity index (χ1) is 15.0. The Morgan fingerprint density at radius 2 is 2.10 bits per heavy atom. The van der Waals surface area contributed by atoms with E-state index in [1.807, 2.05) is 6.07 Å². The Balaban J connectivity index is 1.33. The normalized spacial score (nSPS) is 34.3. The fourth-order valence-electron chi connectivity index (χ4n) is 6.66. The van der Waals surface area contributed by atoms with Crippen molar-refractivity contribution in [3.8, 4) is 0 Å². The second kappa shape index (κ2) is 8.36. The van der Waals surface area contributed by atoms with Gasteiger partial charge in [0, 0.05) is 49.9 Å². The Morgan fingerprint density at radius 3 is 2.84 bits per heavy atom. The topological polar surface area (TPSA) is 44.8 Å². The molecular weight excluding hydrogens is 393 g/mol. The van der Waals surface area contributed by atoms with Gasteiger partial charge in [-0.2, -0.15) is 0 Å². The molecule has 0 aliphatic carbocycles. The number of hydrogen-bond acceptors (Lipinski definition) is 4.